The molecule has 1 fully saturated rings. The minimum atomic E-state index is -4.05. The van der Waals surface area contributed by atoms with E-state index in [1.54, 1.807) is 42.1 Å². The fourth-order valence-corrected chi connectivity index (χ4v) is 8.45. The molecule has 0 spiro atoms. The van der Waals surface area contributed by atoms with E-state index in [0.717, 1.165) is 43.4 Å². The molecule has 4 atom stereocenters. The summed E-state index contributed by atoms with van der Waals surface area (Å²) in [5.74, 6) is -1.77. The van der Waals surface area contributed by atoms with E-state index in [4.69, 9.17) is 0 Å². The molecule has 3 rings (SSSR count). The van der Waals surface area contributed by atoms with E-state index in [2.05, 4.69) is 6.92 Å². The Hall–Kier alpha value is -1.90. The van der Waals surface area contributed by atoms with Crippen molar-refractivity contribution >= 4 is 27.8 Å². The van der Waals surface area contributed by atoms with Crippen LogP contribution in [0.5, 0.6) is 0 Å². The van der Waals surface area contributed by atoms with Crippen molar-refractivity contribution in [3.63, 3.8) is 0 Å². The highest BCUT2D eigenvalue weighted by Gasteiger charge is 2.57. The topological polar surface area (TPSA) is 74.7 Å². The zero-order chi connectivity index (χ0) is 25.6. The Morgan fingerprint density at radius 3 is 2.34 bits per heavy atom. The van der Waals surface area contributed by atoms with Gasteiger partial charge in [-0.15, -0.1) is 0 Å². The first-order valence-corrected chi connectivity index (χ1v) is 14.9. The van der Waals surface area contributed by atoms with Gasteiger partial charge in [0.25, 0.3) is 0 Å². The van der Waals surface area contributed by atoms with Crippen LogP contribution in [-0.2, 0) is 14.8 Å². The van der Waals surface area contributed by atoms with Gasteiger partial charge < -0.3 is 5.11 Å². The number of carboxylic acids is 1. The standard InChI is InChI=1S/C27H36FNO4S2/c1-4-6-8-17-34-26-23(12-7-5-2)29(35(32,33)22-15-13-19(3)14-16-22)25(24(26)27(30)31)20-10-9-11-21(28)18-20/h9-11,13-16,18,23-26H,4-8,12,17H2,1-3H3,(H,30,31)/t23-,24+,25+,26-/m1/s1. The third-order valence-corrected chi connectivity index (χ3v) is 10.1. The average molecular weight is 522 g/mol. The Balaban J connectivity index is 2.17. The van der Waals surface area contributed by atoms with E-state index in [-0.39, 0.29) is 4.90 Å². The Morgan fingerprint density at radius 1 is 1.06 bits per heavy atom. The molecule has 192 valence electrons. The fourth-order valence-electron chi connectivity index (χ4n) is 4.90. The number of rotatable bonds is 12. The molecule has 0 aromatic heterocycles. The zero-order valence-electron chi connectivity index (χ0n) is 20.7. The van der Waals surface area contributed by atoms with Crippen LogP contribution in [0.15, 0.2) is 53.4 Å². The normalized spacial score (nSPS) is 23.0. The number of halogens is 1. The van der Waals surface area contributed by atoms with Crippen LogP contribution < -0.4 is 0 Å². The number of benzene rings is 2. The van der Waals surface area contributed by atoms with Crippen molar-refractivity contribution in [3.8, 4) is 0 Å². The van der Waals surface area contributed by atoms with Gasteiger partial charge in [0.05, 0.1) is 16.9 Å². The largest absolute Gasteiger partial charge is 0.481 e. The summed E-state index contributed by atoms with van der Waals surface area (Å²) in [6.45, 7) is 6.03. The molecular weight excluding hydrogens is 485 g/mol. The molecule has 1 heterocycles. The summed E-state index contributed by atoms with van der Waals surface area (Å²) in [5, 5.41) is 9.97. The summed E-state index contributed by atoms with van der Waals surface area (Å²) >= 11 is 1.56. The van der Waals surface area contributed by atoms with E-state index in [1.807, 2.05) is 13.8 Å². The zero-order valence-corrected chi connectivity index (χ0v) is 22.3. The van der Waals surface area contributed by atoms with Gasteiger partial charge in [-0.3, -0.25) is 4.79 Å². The van der Waals surface area contributed by atoms with Crippen LogP contribution >= 0.6 is 11.8 Å². The molecule has 0 radical (unpaired) electrons. The second-order valence-corrected chi connectivity index (χ2v) is 12.4. The van der Waals surface area contributed by atoms with Crippen LogP contribution in [0.4, 0.5) is 4.39 Å². The van der Waals surface area contributed by atoms with Crippen LogP contribution in [0.3, 0.4) is 0 Å². The van der Waals surface area contributed by atoms with E-state index in [9.17, 15) is 22.7 Å². The molecule has 5 nitrogen and oxygen atoms in total. The van der Waals surface area contributed by atoms with Crippen LogP contribution in [0.25, 0.3) is 0 Å². The predicted molar refractivity (Wildman–Crippen MR) is 140 cm³/mol. The number of unbranched alkanes of at least 4 members (excludes halogenated alkanes) is 3. The van der Waals surface area contributed by atoms with Crippen molar-refractivity contribution in [2.24, 2.45) is 5.92 Å². The summed E-state index contributed by atoms with van der Waals surface area (Å²) < 4.78 is 43.9. The third-order valence-electron chi connectivity index (χ3n) is 6.66. The number of sulfonamides is 1. The highest BCUT2D eigenvalue weighted by atomic mass is 32.2. The third kappa shape index (κ3) is 6.27. The van der Waals surface area contributed by atoms with Gasteiger partial charge >= 0.3 is 5.97 Å². The number of carbonyl (C=O) groups is 1. The van der Waals surface area contributed by atoms with E-state index < -0.39 is 45.1 Å². The summed E-state index contributed by atoms with van der Waals surface area (Å²) in [4.78, 5) is 12.8. The van der Waals surface area contributed by atoms with Crippen LogP contribution in [0.2, 0.25) is 0 Å². The van der Waals surface area contributed by atoms with Gasteiger partial charge in [-0.25, -0.2) is 12.8 Å². The SMILES string of the molecule is CCCCCS[C@H]1[C@@H](C(=O)O)[C@H](c2cccc(F)c2)N(S(=O)(=O)c2ccc(C)cc2)[C@@H]1CCCC. The number of hydrogen-bond donors (Lipinski definition) is 1. The number of aryl methyl sites for hydroxylation is 1. The van der Waals surface area contributed by atoms with Gasteiger partial charge in [-0.2, -0.15) is 16.1 Å². The van der Waals surface area contributed by atoms with Crippen molar-refractivity contribution in [1.29, 1.82) is 0 Å². The van der Waals surface area contributed by atoms with E-state index >= 15 is 0 Å². The van der Waals surface area contributed by atoms with Crippen molar-refractivity contribution in [3.05, 3.63) is 65.5 Å². The minimum absolute atomic E-state index is 0.131. The molecule has 2 aromatic carbocycles. The van der Waals surface area contributed by atoms with Crippen molar-refractivity contribution in [2.45, 2.75) is 81.5 Å². The number of carboxylic acid groups (broad SMARTS) is 1. The summed E-state index contributed by atoms with van der Waals surface area (Å²) in [5.41, 5.74) is 1.31. The molecule has 0 saturated carbocycles. The number of hydrogen-bond acceptors (Lipinski definition) is 4. The molecule has 0 unspecified atom stereocenters. The molecule has 0 aliphatic carbocycles. The fraction of sp³-hybridized carbons (Fsp3) is 0.519. The van der Waals surface area contributed by atoms with Crippen LogP contribution in [0, 0.1) is 18.7 Å². The molecule has 1 saturated heterocycles. The number of aliphatic carboxylic acids is 1. The molecule has 8 heteroatoms. The highest BCUT2D eigenvalue weighted by molar-refractivity contribution is 8.00. The molecule has 35 heavy (non-hydrogen) atoms. The first kappa shape index (κ1) is 27.7. The smallest absolute Gasteiger partial charge is 0.309 e. The second-order valence-electron chi connectivity index (χ2n) is 9.26. The number of thioether (sulfide) groups is 1. The van der Waals surface area contributed by atoms with E-state index in [0.29, 0.717) is 12.0 Å². The molecule has 1 aliphatic heterocycles. The van der Waals surface area contributed by atoms with Gasteiger partial charge in [-0.1, -0.05) is 69.4 Å². The maximum Gasteiger partial charge on any atom is 0.309 e. The maximum atomic E-state index is 14.3. The first-order valence-electron chi connectivity index (χ1n) is 12.4. The van der Waals surface area contributed by atoms with Gasteiger partial charge in [0.1, 0.15) is 5.82 Å². The van der Waals surface area contributed by atoms with E-state index in [1.165, 1.54) is 22.5 Å². The predicted octanol–water partition coefficient (Wildman–Crippen LogP) is 6.43. The van der Waals surface area contributed by atoms with Gasteiger partial charge in [-0.05, 0) is 55.3 Å². The summed E-state index contributed by atoms with van der Waals surface area (Å²) in [6, 6.07) is 10.9. The molecule has 1 aliphatic rings. The van der Waals surface area contributed by atoms with Crippen molar-refractivity contribution in [2.75, 3.05) is 5.75 Å². The molecule has 1 N–H and O–H groups in total. The van der Waals surface area contributed by atoms with Crippen LogP contribution in [-0.4, -0.2) is 40.8 Å². The Morgan fingerprint density at radius 2 is 1.74 bits per heavy atom. The monoisotopic (exact) mass is 521 g/mol. The maximum absolute atomic E-state index is 14.3. The summed E-state index contributed by atoms with van der Waals surface area (Å²) in [7, 11) is -4.05. The van der Waals surface area contributed by atoms with Crippen LogP contribution in [0.1, 0.15) is 69.5 Å². The Kier molecular flexibility index (Phi) is 9.78. The molecule has 0 amide bonds. The minimum Gasteiger partial charge on any atom is -0.481 e. The van der Waals surface area contributed by atoms with Gasteiger partial charge in [0.2, 0.25) is 10.0 Å². The second kappa shape index (κ2) is 12.4. The highest BCUT2D eigenvalue weighted by Crippen LogP contribution is 2.50. The van der Waals surface area contributed by atoms with Crippen molar-refractivity contribution < 1.29 is 22.7 Å². The quantitative estimate of drug-likeness (QED) is 0.326. The first-order chi connectivity index (χ1) is 16.7. The molecular formula is C27H36FNO4S2. The lowest BCUT2D eigenvalue weighted by Crippen LogP contribution is -2.40. The van der Waals surface area contributed by atoms with Crippen molar-refractivity contribution in [1.82, 2.24) is 4.31 Å². The Bertz CT molecular complexity index is 1090. The lowest BCUT2D eigenvalue weighted by atomic mass is 9.92. The average Bonchev–Trinajstić information content (AvgIpc) is 3.16. The molecule has 2 aromatic rings. The number of nitrogens with zero attached hydrogens (tertiary/aromatic N) is 1. The molecule has 0 bridgehead atoms. The Labute approximate surface area is 213 Å². The summed E-state index contributed by atoms with van der Waals surface area (Å²) in [6.07, 6.45) is 5.23. The van der Waals surface area contributed by atoms with Gasteiger partial charge in [0, 0.05) is 11.3 Å². The van der Waals surface area contributed by atoms with Gasteiger partial charge in [0.15, 0.2) is 0 Å². The lowest BCUT2D eigenvalue weighted by molar-refractivity contribution is -0.142. The lowest BCUT2D eigenvalue weighted by Gasteiger charge is -2.31.